The van der Waals surface area contributed by atoms with E-state index in [4.69, 9.17) is 24.7 Å². The zero-order valence-corrected chi connectivity index (χ0v) is 17.7. The largest absolute Gasteiger partial charge is 0.482 e. The number of carbonyl (C=O) groups is 4. The molecule has 0 radical (unpaired) electrons. The van der Waals surface area contributed by atoms with Crippen molar-refractivity contribution >= 4 is 23.8 Å². The molecule has 1 aromatic carbocycles. The van der Waals surface area contributed by atoms with E-state index in [-0.39, 0.29) is 19.8 Å². The van der Waals surface area contributed by atoms with Crippen molar-refractivity contribution < 1.29 is 38.1 Å². The van der Waals surface area contributed by atoms with Crippen LogP contribution in [0.4, 0.5) is 4.79 Å². The summed E-state index contributed by atoms with van der Waals surface area (Å²) in [5.74, 6) is -1.11. The third-order valence-corrected chi connectivity index (χ3v) is 4.55. The third kappa shape index (κ3) is 7.56. The molecule has 31 heavy (non-hydrogen) atoms. The van der Waals surface area contributed by atoms with E-state index in [0.717, 1.165) is 12.8 Å². The number of primary amides is 1. The molecular weight excluding hydrogens is 408 g/mol. The number of amides is 2. The molecule has 0 aliphatic carbocycles. The number of hydrogen-bond donors (Lipinski definition) is 1. The molecule has 1 fully saturated rings. The monoisotopic (exact) mass is 436 g/mol. The molecule has 1 aromatic rings. The van der Waals surface area contributed by atoms with Gasteiger partial charge in [-0.3, -0.25) is 14.5 Å². The van der Waals surface area contributed by atoms with Crippen molar-refractivity contribution in [3.63, 3.8) is 0 Å². The van der Waals surface area contributed by atoms with E-state index < -0.39 is 36.1 Å². The maximum absolute atomic E-state index is 12.6. The zero-order chi connectivity index (χ0) is 22.8. The molecule has 2 unspecified atom stereocenters. The van der Waals surface area contributed by atoms with E-state index >= 15 is 0 Å². The van der Waals surface area contributed by atoms with Crippen LogP contribution in [0.5, 0.6) is 5.75 Å². The van der Waals surface area contributed by atoms with Crippen LogP contribution in [0, 0.1) is 0 Å². The second-order valence-corrected chi connectivity index (χ2v) is 6.93. The number of piperidine rings is 1. The van der Waals surface area contributed by atoms with Crippen LogP contribution in [-0.4, -0.2) is 67.4 Å². The van der Waals surface area contributed by atoms with E-state index in [1.165, 1.54) is 24.0 Å². The second-order valence-electron chi connectivity index (χ2n) is 6.93. The smallest absolute Gasteiger partial charge is 0.412 e. The number of ether oxygens (including phenoxy) is 4. The van der Waals surface area contributed by atoms with Crippen LogP contribution in [-0.2, 0) is 23.8 Å². The minimum absolute atomic E-state index is 0.232. The Kier molecular flexibility index (Phi) is 9.26. The number of Topliss-reactive ketones (excluding diaryl/α,β-unsaturated/α-hetero) is 1. The standard InChI is InChI=1S/C21H28N2O8/c1-3-28-19(25)13-29-16-9-7-15(8-10-16)20(26)14(2)31-21(27)23-11-5-4-6-18(23)30-12-17(22)24/h7-10,14,18H,3-6,11-13H2,1-2H3,(H2,22,24). The molecule has 0 aromatic heterocycles. The normalized spacial score (nSPS) is 16.8. The summed E-state index contributed by atoms with van der Waals surface area (Å²) in [7, 11) is 0. The maximum Gasteiger partial charge on any atom is 0.412 e. The predicted molar refractivity (Wildman–Crippen MR) is 108 cm³/mol. The number of ketones is 1. The maximum atomic E-state index is 12.6. The molecule has 10 nitrogen and oxygen atoms in total. The van der Waals surface area contributed by atoms with Gasteiger partial charge in [0.25, 0.3) is 0 Å². The summed E-state index contributed by atoms with van der Waals surface area (Å²) in [4.78, 5) is 48.8. The first kappa shape index (κ1) is 24.1. The van der Waals surface area contributed by atoms with E-state index in [1.807, 2.05) is 0 Å². The number of likely N-dealkylation sites (tertiary alicyclic amines) is 1. The molecule has 2 N–H and O–H groups in total. The highest BCUT2D eigenvalue weighted by molar-refractivity contribution is 6.00. The van der Waals surface area contributed by atoms with Crippen molar-refractivity contribution in [2.24, 2.45) is 5.73 Å². The highest BCUT2D eigenvalue weighted by Gasteiger charge is 2.31. The van der Waals surface area contributed by atoms with Crippen LogP contribution in [0.25, 0.3) is 0 Å². The van der Waals surface area contributed by atoms with Crippen LogP contribution < -0.4 is 10.5 Å². The lowest BCUT2D eigenvalue weighted by molar-refractivity contribution is -0.145. The van der Waals surface area contributed by atoms with Crippen LogP contribution in [0.1, 0.15) is 43.5 Å². The first-order chi connectivity index (χ1) is 14.8. The number of esters is 1. The Labute approximate surface area is 180 Å². The van der Waals surface area contributed by atoms with Gasteiger partial charge in [-0.2, -0.15) is 0 Å². The molecule has 0 spiro atoms. The molecule has 1 saturated heterocycles. The first-order valence-electron chi connectivity index (χ1n) is 10.1. The Morgan fingerprint density at radius 1 is 1.13 bits per heavy atom. The molecular formula is C21H28N2O8. The van der Waals surface area contributed by atoms with E-state index in [2.05, 4.69) is 0 Å². The molecule has 0 saturated carbocycles. The average Bonchev–Trinajstić information content (AvgIpc) is 2.76. The SMILES string of the molecule is CCOC(=O)COc1ccc(C(=O)C(C)OC(=O)N2CCCCC2OCC(N)=O)cc1. The van der Waals surface area contributed by atoms with Crippen molar-refractivity contribution in [1.29, 1.82) is 0 Å². The number of benzene rings is 1. The first-order valence-corrected chi connectivity index (χ1v) is 10.1. The number of rotatable bonds is 10. The molecule has 2 amide bonds. The minimum Gasteiger partial charge on any atom is -0.482 e. The van der Waals surface area contributed by atoms with Gasteiger partial charge in [0.05, 0.1) is 6.61 Å². The zero-order valence-electron chi connectivity index (χ0n) is 17.7. The predicted octanol–water partition coefficient (Wildman–Crippen LogP) is 1.65. The van der Waals surface area contributed by atoms with Crippen molar-refractivity contribution in [3.05, 3.63) is 29.8 Å². The van der Waals surface area contributed by atoms with Gasteiger partial charge in [-0.05, 0) is 57.4 Å². The number of carbonyl (C=O) groups excluding carboxylic acids is 4. The van der Waals surface area contributed by atoms with Crippen LogP contribution in [0.15, 0.2) is 24.3 Å². The minimum atomic E-state index is -1.03. The van der Waals surface area contributed by atoms with Crippen molar-refractivity contribution in [3.8, 4) is 5.75 Å². The molecule has 2 atom stereocenters. The number of hydrogen-bond acceptors (Lipinski definition) is 8. The summed E-state index contributed by atoms with van der Waals surface area (Å²) < 4.78 is 20.8. The Bertz CT molecular complexity index is 780. The van der Waals surface area contributed by atoms with Gasteiger partial charge in [0.15, 0.2) is 12.7 Å². The lowest BCUT2D eigenvalue weighted by Crippen LogP contribution is -2.47. The van der Waals surface area contributed by atoms with E-state index in [0.29, 0.717) is 24.3 Å². The lowest BCUT2D eigenvalue weighted by Gasteiger charge is -2.34. The van der Waals surface area contributed by atoms with Gasteiger partial charge in [-0.25, -0.2) is 9.59 Å². The summed E-state index contributed by atoms with van der Waals surface area (Å²) in [5, 5.41) is 0. The topological polar surface area (TPSA) is 134 Å². The van der Waals surface area contributed by atoms with Crippen LogP contribution in [0.2, 0.25) is 0 Å². The van der Waals surface area contributed by atoms with Gasteiger partial charge < -0.3 is 24.7 Å². The fraction of sp³-hybridized carbons (Fsp3) is 0.524. The van der Waals surface area contributed by atoms with Gasteiger partial charge >= 0.3 is 12.1 Å². The van der Waals surface area contributed by atoms with Crippen molar-refractivity contribution in [2.75, 3.05) is 26.4 Å². The van der Waals surface area contributed by atoms with Gasteiger partial charge in [-0.1, -0.05) is 0 Å². The quantitative estimate of drug-likeness (QED) is 0.432. The molecule has 1 aliphatic heterocycles. The van der Waals surface area contributed by atoms with Crippen molar-refractivity contribution in [2.45, 2.75) is 45.4 Å². The molecule has 0 bridgehead atoms. The summed E-state index contributed by atoms with van der Waals surface area (Å²) >= 11 is 0. The lowest BCUT2D eigenvalue weighted by atomic mass is 10.1. The Hall–Kier alpha value is -3.14. The summed E-state index contributed by atoms with van der Waals surface area (Å²) in [6, 6.07) is 6.12. The van der Waals surface area contributed by atoms with Crippen molar-refractivity contribution in [1.82, 2.24) is 4.90 Å². The Morgan fingerprint density at radius 2 is 1.84 bits per heavy atom. The fourth-order valence-electron chi connectivity index (χ4n) is 3.03. The summed E-state index contributed by atoms with van der Waals surface area (Å²) in [6.07, 6.45) is -0.181. The molecule has 170 valence electrons. The number of nitrogens with two attached hydrogens (primary N) is 1. The third-order valence-electron chi connectivity index (χ3n) is 4.55. The van der Waals surface area contributed by atoms with E-state index in [9.17, 15) is 19.2 Å². The van der Waals surface area contributed by atoms with Gasteiger partial charge in [0.1, 0.15) is 18.6 Å². The van der Waals surface area contributed by atoms with Gasteiger partial charge in [0.2, 0.25) is 11.7 Å². The van der Waals surface area contributed by atoms with Crippen LogP contribution in [0.3, 0.4) is 0 Å². The average molecular weight is 436 g/mol. The van der Waals surface area contributed by atoms with Gasteiger partial charge in [0, 0.05) is 12.1 Å². The fourth-order valence-corrected chi connectivity index (χ4v) is 3.03. The molecule has 2 rings (SSSR count). The van der Waals surface area contributed by atoms with Crippen LogP contribution >= 0.6 is 0 Å². The highest BCUT2D eigenvalue weighted by Crippen LogP contribution is 2.20. The second kappa shape index (κ2) is 11.9. The Morgan fingerprint density at radius 3 is 2.48 bits per heavy atom. The summed E-state index contributed by atoms with van der Waals surface area (Å²) in [5.41, 5.74) is 5.42. The van der Waals surface area contributed by atoms with Gasteiger partial charge in [-0.15, -0.1) is 0 Å². The highest BCUT2D eigenvalue weighted by atomic mass is 16.6. The molecule has 1 heterocycles. The molecule has 1 aliphatic rings. The summed E-state index contributed by atoms with van der Waals surface area (Å²) in [6.45, 7) is 3.31. The molecule has 10 heteroatoms. The van der Waals surface area contributed by atoms with E-state index in [1.54, 1.807) is 19.1 Å². The Balaban J connectivity index is 1.90. The number of nitrogens with zero attached hydrogens (tertiary/aromatic N) is 1.